The van der Waals surface area contributed by atoms with Gasteiger partial charge in [-0.15, -0.1) is 0 Å². The van der Waals surface area contributed by atoms with E-state index in [0.717, 1.165) is 12.3 Å². The van der Waals surface area contributed by atoms with Crippen LogP contribution < -0.4 is 5.73 Å². The van der Waals surface area contributed by atoms with E-state index in [1.807, 2.05) is 0 Å². The Morgan fingerprint density at radius 1 is 1.38 bits per heavy atom. The van der Waals surface area contributed by atoms with Crippen molar-refractivity contribution >= 4 is 0 Å². The molecule has 0 aromatic rings. The van der Waals surface area contributed by atoms with Gasteiger partial charge in [-0.25, -0.2) is 0 Å². The van der Waals surface area contributed by atoms with Crippen molar-refractivity contribution in [2.75, 3.05) is 6.61 Å². The van der Waals surface area contributed by atoms with Crippen LogP contribution >= 0.6 is 0 Å². The molecule has 0 aromatic heterocycles. The van der Waals surface area contributed by atoms with Crippen LogP contribution in [-0.4, -0.2) is 17.8 Å². The van der Waals surface area contributed by atoms with Gasteiger partial charge in [0.2, 0.25) is 0 Å². The lowest BCUT2D eigenvalue weighted by atomic mass is 9.45. The van der Waals surface area contributed by atoms with E-state index in [4.69, 9.17) is 10.8 Å². The molecule has 0 heterocycles. The van der Waals surface area contributed by atoms with Gasteiger partial charge in [0.05, 0.1) is 0 Å². The second-order valence-corrected chi connectivity index (χ2v) is 5.45. The molecule has 3 aliphatic carbocycles. The van der Waals surface area contributed by atoms with Crippen LogP contribution in [-0.2, 0) is 0 Å². The zero-order valence-electron chi connectivity index (χ0n) is 8.66. The first-order valence-corrected chi connectivity index (χ1v) is 5.43. The molecule has 3 aliphatic rings. The Morgan fingerprint density at radius 3 is 2.54 bits per heavy atom. The summed E-state index contributed by atoms with van der Waals surface area (Å²) in [4.78, 5) is 0. The lowest BCUT2D eigenvalue weighted by Crippen LogP contribution is -2.61. The summed E-state index contributed by atoms with van der Waals surface area (Å²) in [7, 11) is 0. The predicted molar refractivity (Wildman–Crippen MR) is 53.2 cm³/mol. The number of hydrogen-bond acceptors (Lipinski definition) is 2. The SMILES string of the molecule is CC1(C)[C@H]2C[C@H](CCO)[C@H](N)[C@@H]1C2. The highest BCUT2D eigenvalue weighted by molar-refractivity contribution is 5.07. The molecule has 0 saturated heterocycles. The Labute approximate surface area is 80.5 Å². The van der Waals surface area contributed by atoms with Crippen LogP contribution in [0, 0.1) is 23.2 Å². The van der Waals surface area contributed by atoms with Gasteiger partial charge in [0, 0.05) is 12.6 Å². The van der Waals surface area contributed by atoms with Gasteiger partial charge in [-0.1, -0.05) is 13.8 Å². The van der Waals surface area contributed by atoms with Crippen molar-refractivity contribution in [2.45, 2.75) is 39.2 Å². The quantitative estimate of drug-likeness (QED) is 0.679. The first kappa shape index (κ1) is 9.47. The lowest BCUT2D eigenvalue weighted by molar-refractivity contribution is -0.107. The molecule has 0 aromatic carbocycles. The molecule has 4 atom stereocenters. The van der Waals surface area contributed by atoms with E-state index in [9.17, 15) is 0 Å². The normalized spacial score (nSPS) is 47.1. The maximum atomic E-state index is 8.91. The topological polar surface area (TPSA) is 46.2 Å². The molecule has 0 radical (unpaired) electrons. The summed E-state index contributed by atoms with van der Waals surface area (Å²) in [6.07, 6.45) is 3.48. The standard InChI is InChI=1S/C11H21NO/c1-11(2)8-5-7(3-4-13)10(12)9(11)6-8/h7-10,13H,3-6,12H2,1-2H3/t7-,8-,9-,10-/m0/s1. The summed E-state index contributed by atoms with van der Waals surface area (Å²) in [5, 5.41) is 8.91. The van der Waals surface area contributed by atoms with Crippen molar-refractivity contribution < 1.29 is 5.11 Å². The minimum absolute atomic E-state index is 0.304. The number of aliphatic hydroxyl groups excluding tert-OH is 1. The van der Waals surface area contributed by atoms with E-state index < -0.39 is 0 Å². The number of hydrogen-bond donors (Lipinski definition) is 2. The molecule has 2 bridgehead atoms. The summed E-state index contributed by atoms with van der Waals surface area (Å²) < 4.78 is 0. The van der Waals surface area contributed by atoms with E-state index in [-0.39, 0.29) is 0 Å². The highest BCUT2D eigenvalue weighted by atomic mass is 16.3. The van der Waals surface area contributed by atoms with Gasteiger partial charge >= 0.3 is 0 Å². The monoisotopic (exact) mass is 183 g/mol. The summed E-state index contributed by atoms with van der Waals surface area (Å²) in [6, 6.07) is 0.340. The van der Waals surface area contributed by atoms with Crippen LogP contribution in [0.3, 0.4) is 0 Å². The zero-order valence-corrected chi connectivity index (χ0v) is 8.66. The second-order valence-electron chi connectivity index (χ2n) is 5.45. The number of aliphatic hydroxyl groups is 1. The number of rotatable bonds is 2. The molecule has 3 N–H and O–H groups in total. The molecule has 3 saturated carbocycles. The van der Waals surface area contributed by atoms with Crippen molar-refractivity contribution in [1.82, 2.24) is 0 Å². The van der Waals surface area contributed by atoms with Gasteiger partial charge in [-0.3, -0.25) is 0 Å². The van der Waals surface area contributed by atoms with E-state index in [1.165, 1.54) is 12.8 Å². The van der Waals surface area contributed by atoms with Crippen molar-refractivity contribution in [3.63, 3.8) is 0 Å². The first-order valence-electron chi connectivity index (χ1n) is 5.43. The fraction of sp³-hybridized carbons (Fsp3) is 1.00. The van der Waals surface area contributed by atoms with Crippen molar-refractivity contribution in [3.05, 3.63) is 0 Å². The summed E-state index contributed by atoms with van der Waals surface area (Å²) in [5.74, 6) is 2.17. The Bertz CT molecular complexity index is 202. The third-order valence-electron chi connectivity index (χ3n) is 4.64. The minimum atomic E-state index is 0.304. The van der Waals surface area contributed by atoms with Crippen LogP contribution in [0.25, 0.3) is 0 Å². The smallest absolute Gasteiger partial charge is 0.0434 e. The molecule has 2 nitrogen and oxygen atoms in total. The maximum absolute atomic E-state index is 8.91. The van der Waals surface area contributed by atoms with Gasteiger partial charge in [0.1, 0.15) is 0 Å². The van der Waals surface area contributed by atoms with Gasteiger partial charge in [0.15, 0.2) is 0 Å². The molecule has 13 heavy (non-hydrogen) atoms. The molecular weight excluding hydrogens is 162 g/mol. The van der Waals surface area contributed by atoms with Crippen LogP contribution in [0.4, 0.5) is 0 Å². The molecule has 76 valence electrons. The third-order valence-corrected chi connectivity index (χ3v) is 4.64. The summed E-state index contributed by atoms with van der Waals surface area (Å²) in [5.41, 5.74) is 6.69. The highest BCUT2D eigenvalue weighted by Gasteiger charge is 2.56. The Kier molecular flexibility index (Phi) is 2.16. The Balaban J connectivity index is 2.03. The van der Waals surface area contributed by atoms with Crippen molar-refractivity contribution in [3.8, 4) is 0 Å². The van der Waals surface area contributed by atoms with Gasteiger partial charge in [0.25, 0.3) is 0 Å². The van der Waals surface area contributed by atoms with E-state index >= 15 is 0 Å². The fourth-order valence-electron chi connectivity index (χ4n) is 3.44. The fourth-order valence-corrected chi connectivity index (χ4v) is 3.44. The van der Waals surface area contributed by atoms with Gasteiger partial charge < -0.3 is 10.8 Å². The molecule has 0 amide bonds. The number of fused-ring (bicyclic) bond motifs is 2. The molecule has 0 unspecified atom stereocenters. The average molecular weight is 183 g/mol. The third kappa shape index (κ3) is 1.23. The average Bonchev–Trinajstić information content (AvgIpc) is 2.08. The molecule has 2 heteroatoms. The van der Waals surface area contributed by atoms with Gasteiger partial charge in [-0.05, 0) is 42.4 Å². The van der Waals surface area contributed by atoms with Crippen molar-refractivity contribution in [1.29, 1.82) is 0 Å². The first-order chi connectivity index (χ1) is 6.07. The highest BCUT2D eigenvalue weighted by Crippen LogP contribution is 2.60. The second kappa shape index (κ2) is 2.96. The minimum Gasteiger partial charge on any atom is -0.396 e. The number of nitrogens with two attached hydrogens (primary N) is 1. The largest absolute Gasteiger partial charge is 0.396 e. The van der Waals surface area contributed by atoms with Gasteiger partial charge in [-0.2, -0.15) is 0 Å². The van der Waals surface area contributed by atoms with E-state index in [0.29, 0.717) is 29.9 Å². The van der Waals surface area contributed by atoms with E-state index in [1.54, 1.807) is 0 Å². The lowest BCUT2D eigenvalue weighted by Gasteiger charge is -2.61. The predicted octanol–water partition coefficient (Wildman–Crippen LogP) is 1.38. The summed E-state index contributed by atoms with van der Waals surface area (Å²) >= 11 is 0. The Hall–Kier alpha value is -0.0800. The molecule has 3 rings (SSSR count). The molecular formula is C11H21NO. The molecule has 3 fully saturated rings. The van der Waals surface area contributed by atoms with Crippen LogP contribution in [0.15, 0.2) is 0 Å². The van der Waals surface area contributed by atoms with E-state index in [2.05, 4.69) is 13.8 Å². The Morgan fingerprint density at radius 2 is 2.08 bits per heavy atom. The zero-order chi connectivity index (χ0) is 9.64. The van der Waals surface area contributed by atoms with Crippen molar-refractivity contribution in [2.24, 2.45) is 28.9 Å². The van der Waals surface area contributed by atoms with Crippen LogP contribution in [0.1, 0.15) is 33.1 Å². The molecule has 0 aliphatic heterocycles. The maximum Gasteiger partial charge on any atom is 0.0434 e. The van der Waals surface area contributed by atoms with Crippen LogP contribution in [0.2, 0.25) is 0 Å². The van der Waals surface area contributed by atoms with Crippen LogP contribution in [0.5, 0.6) is 0 Å². The summed E-state index contributed by atoms with van der Waals surface area (Å²) in [6.45, 7) is 5.00. The molecule has 0 spiro atoms.